The van der Waals surface area contributed by atoms with Crippen molar-refractivity contribution in [1.82, 2.24) is 19.7 Å². The molecular weight excluding hydrogens is 415 g/mol. The second-order valence-corrected chi connectivity index (χ2v) is 8.97. The molecule has 5 N–H and O–H groups in total. The van der Waals surface area contributed by atoms with E-state index in [0.29, 0.717) is 10.4 Å². The molecule has 0 bridgehead atoms. The van der Waals surface area contributed by atoms with Gasteiger partial charge in [-0.3, -0.25) is 4.18 Å². The summed E-state index contributed by atoms with van der Waals surface area (Å²) in [6.07, 6.45) is -4.09. The van der Waals surface area contributed by atoms with Gasteiger partial charge in [-0.05, 0) is 6.42 Å². The highest BCUT2D eigenvalue weighted by Crippen LogP contribution is 2.38. The molecule has 1 saturated heterocycles. The summed E-state index contributed by atoms with van der Waals surface area (Å²) in [6.45, 7) is 3.38. The monoisotopic (exact) mass is 436 g/mol. The number of aliphatic hydroxyl groups excluding tert-OH is 1. The fraction of sp³-hybridized carbons (Fsp3) is 0.643. The predicted octanol–water partition coefficient (Wildman–Crippen LogP) is 0.116. The number of rotatable bonds is 7. The fourth-order valence-electron chi connectivity index (χ4n) is 2.70. The fourth-order valence-corrected chi connectivity index (χ4v) is 4.02. The molecule has 1 aliphatic rings. The van der Waals surface area contributed by atoms with Crippen LogP contribution in [0.3, 0.4) is 0 Å². The molecule has 5 atom stereocenters. The molecule has 2 aromatic heterocycles. The summed E-state index contributed by atoms with van der Waals surface area (Å²) < 4.78 is 47.7. The summed E-state index contributed by atoms with van der Waals surface area (Å²) in [7, 11) is -4.26. The van der Waals surface area contributed by atoms with Crippen LogP contribution in [-0.2, 0) is 19.2 Å². The average Bonchev–Trinajstić information content (AvgIpc) is 3.12. The topological polar surface area (TPSA) is 168 Å². The second kappa shape index (κ2) is 8.04. The molecule has 0 spiro atoms. The molecule has 1 fully saturated rings. The van der Waals surface area contributed by atoms with Crippen molar-refractivity contribution >= 4 is 38.9 Å². The van der Waals surface area contributed by atoms with Gasteiger partial charge < -0.3 is 15.6 Å². The highest BCUT2D eigenvalue weighted by atomic mass is 32.2. The third-order valence-electron chi connectivity index (χ3n) is 4.31. The van der Waals surface area contributed by atoms with E-state index in [2.05, 4.69) is 19.2 Å². The minimum atomic E-state index is -4.26. The smallest absolute Gasteiger partial charge is 0.333 e. The summed E-state index contributed by atoms with van der Waals surface area (Å²) in [5.41, 5.74) is 6.21. The van der Waals surface area contributed by atoms with E-state index in [1.807, 2.05) is 13.8 Å². The van der Waals surface area contributed by atoms with Crippen LogP contribution in [0.5, 0.6) is 0 Å². The Balaban J connectivity index is 1.95. The van der Waals surface area contributed by atoms with Gasteiger partial charge in [0.05, 0.1) is 12.0 Å². The van der Waals surface area contributed by atoms with Crippen LogP contribution in [0.15, 0.2) is 11.4 Å². The van der Waals surface area contributed by atoms with E-state index in [-0.39, 0.29) is 16.7 Å². The summed E-state index contributed by atoms with van der Waals surface area (Å²) >= 11 is 1.43. The third-order valence-corrected chi connectivity index (χ3v) is 6.01. The average molecular weight is 436 g/mol. The highest BCUT2D eigenvalue weighted by Gasteiger charge is 2.47. The Bertz CT molecular complexity index is 957. The molecule has 1 unspecified atom stereocenters. The number of ether oxygens (including phenoxy) is 1. The molecule has 0 saturated carbocycles. The van der Waals surface area contributed by atoms with Gasteiger partial charge in [-0.2, -0.15) is 13.5 Å². The Morgan fingerprint density at radius 2 is 2.21 bits per heavy atom. The zero-order valence-electron chi connectivity index (χ0n) is 15.1. The standard InChI is InChI=1S/C14H21FN6O5S2/c1-3-6(2)27-13-8-11(16)18-5-19-12(8)21(20-13)14-9(15)10(22)7(26-14)4-25-28(17,23)24/h5-7,9-10,14,22H,3-4H2,1-2H3,(H2,16,18,19)(H2,17,23,24)/t6?,7-,9+,10-,14-/m1/s1. The van der Waals surface area contributed by atoms with Gasteiger partial charge in [0.2, 0.25) is 0 Å². The van der Waals surface area contributed by atoms with Crippen molar-refractivity contribution in [1.29, 1.82) is 0 Å². The summed E-state index contributed by atoms with van der Waals surface area (Å²) in [5.74, 6) is 0.185. The van der Waals surface area contributed by atoms with Crippen LogP contribution < -0.4 is 10.9 Å². The third kappa shape index (κ3) is 4.21. The molecule has 0 amide bonds. The molecule has 14 heteroatoms. The van der Waals surface area contributed by atoms with Crippen LogP contribution in [0.2, 0.25) is 0 Å². The van der Waals surface area contributed by atoms with Gasteiger partial charge in [0.1, 0.15) is 29.4 Å². The maximum absolute atomic E-state index is 14.8. The van der Waals surface area contributed by atoms with Crippen LogP contribution in [0.4, 0.5) is 10.2 Å². The number of aromatic nitrogens is 4. The number of alkyl halides is 1. The summed E-state index contributed by atoms with van der Waals surface area (Å²) in [5, 5.41) is 20.4. The first-order chi connectivity index (χ1) is 13.1. The Morgan fingerprint density at radius 1 is 1.50 bits per heavy atom. The van der Waals surface area contributed by atoms with E-state index < -0.39 is 41.5 Å². The maximum Gasteiger partial charge on any atom is 0.333 e. The van der Waals surface area contributed by atoms with Crippen molar-refractivity contribution in [3.8, 4) is 0 Å². The van der Waals surface area contributed by atoms with E-state index in [0.717, 1.165) is 6.42 Å². The number of aliphatic hydroxyl groups is 1. The van der Waals surface area contributed by atoms with Crippen molar-refractivity contribution < 1.29 is 26.8 Å². The van der Waals surface area contributed by atoms with Gasteiger partial charge in [0, 0.05) is 5.25 Å². The molecule has 1 aliphatic heterocycles. The zero-order valence-corrected chi connectivity index (χ0v) is 16.7. The van der Waals surface area contributed by atoms with Crippen LogP contribution in [0.1, 0.15) is 26.5 Å². The number of nitrogens with zero attached hydrogens (tertiary/aromatic N) is 4. The van der Waals surface area contributed by atoms with Crippen molar-refractivity contribution in [2.24, 2.45) is 5.14 Å². The molecule has 156 valence electrons. The van der Waals surface area contributed by atoms with Gasteiger partial charge >= 0.3 is 10.3 Å². The Labute approximate surface area is 164 Å². The molecule has 2 aromatic rings. The van der Waals surface area contributed by atoms with Crippen LogP contribution in [0.25, 0.3) is 11.0 Å². The van der Waals surface area contributed by atoms with Crippen LogP contribution >= 0.6 is 11.8 Å². The number of thioether (sulfide) groups is 1. The van der Waals surface area contributed by atoms with E-state index in [9.17, 15) is 17.9 Å². The van der Waals surface area contributed by atoms with E-state index in [4.69, 9.17) is 15.6 Å². The van der Waals surface area contributed by atoms with Gasteiger partial charge in [-0.25, -0.2) is 24.2 Å². The van der Waals surface area contributed by atoms with E-state index in [1.165, 1.54) is 22.8 Å². The quantitative estimate of drug-likeness (QED) is 0.507. The molecule has 0 radical (unpaired) electrons. The number of hydrogen-bond acceptors (Lipinski definition) is 10. The van der Waals surface area contributed by atoms with Crippen molar-refractivity contribution in [3.63, 3.8) is 0 Å². The Kier molecular flexibility index (Phi) is 6.07. The number of halogens is 1. The molecule has 28 heavy (non-hydrogen) atoms. The van der Waals surface area contributed by atoms with Crippen molar-refractivity contribution in [2.45, 2.75) is 55.2 Å². The zero-order chi connectivity index (χ0) is 20.6. The predicted molar refractivity (Wildman–Crippen MR) is 99.2 cm³/mol. The first-order valence-corrected chi connectivity index (χ1v) is 10.8. The minimum absolute atomic E-state index is 0.185. The summed E-state index contributed by atoms with van der Waals surface area (Å²) in [6, 6.07) is 0. The van der Waals surface area contributed by atoms with Crippen LogP contribution in [0, 0.1) is 0 Å². The van der Waals surface area contributed by atoms with E-state index >= 15 is 0 Å². The Morgan fingerprint density at radius 3 is 2.86 bits per heavy atom. The second-order valence-electron chi connectivity index (χ2n) is 6.32. The summed E-state index contributed by atoms with van der Waals surface area (Å²) in [4.78, 5) is 8.09. The highest BCUT2D eigenvalue weighted by molar-refractivity contribution is 8.00. The number of nitrogens with two attached hydrogens (primary N) is 2. The lowest BCUT2D eigenvalue weighted by atomic mass is 10.1. The van der Waals surface area contributed by atoms with Gasteiger partial charge in [-0.15, -0.1) is 11.8 Å². The van der Waals surface area contributed by atoms with Crippen molar-refractivity contribution in [2.75, 3.05) is 12.3 Å². The number of hydrogen-bond donors (Lipinski definition) is 3. The molecular formula is C14H21FN6O5S2. The largest absolute Gasteiger partial charge is 0.387 e. The van der Waals surface area contributed by atoms with Gasteiger partial charge in [-0.1, -0.05) is 13.8 Å². The number of fused-ring (bicyclic) bond motifs is 1. The van der Waals surface area contributed by atoms with Crippen LogP contribution in [-0.4, -0.2) is 63.5 Å². The first-order valence-electron chi connectivity index (χ1n) is 8.42. The lowest BCUT2D eigenvalue weighted by molar-refractivity contribution is -0.0456. The first kappa shape index (κ1) is 21.1. The molecule has 0 aliphatic carbocycles. The molecule has 11 nitrogen and oxygen atoms in total. The van der Waals surface area contributed by atoms with Gasteiger partial charge in [0.25, 0.3) is 0 Å². The minimum Gasteiger partial charge on any atom is -0.387 e. The number of nitrogen functional groups attached to an aromatic ring is 1. The SMILES string of the molecule is CCC(C)Sc1nn([C@@H]2O[C@H](COS(N)(=O)=O)[C@@H](O)[C@@H]2F)c2ncnc(N)c12. The number of anilines is 1. The molecule has 0 aromatic carbocycles. The maximum atomic E-state index is 14.8. The normalized spacial score (nSPS) is 26.8. The molecule has 3 heterocycles. The lowest BCUT2D eigenvalue weighted by Gasteiger charge is -2.14. The van der Waals surface area contributed by atoms with E-state index in [1.54, 1.807) is 0 Å². The van der Waals surface area contributed by atoms with Gasteiger partial charge in [0.15, 0.2) is 18.0 Å². The Hall–Kier alpha value is -1.58. The molecule has 3 rings (SSSR count). The lowest BCUT2D eigenvalue weighted by Crippen LogP contribution is -2.33. The van der Waals surface area contributed by atoms with Crippen molar-refractivity contribution in [3.05, 3.63) is 6.33 Å².